The van der Waals surface area contributed by atoms with Crippen LogP contribution >= 0.6 is 0 Å². The third-order valence-electron chi connectivity index (χ3n) is 2.90. The summed E-state index contributed by atoms with van der Waals surface area (Å²) >= 11 is 0. The van der Waals surface area contributed by atoms with Crippen LogP contribution in [0.3, 0.4) is 0 Å². The summed E-state index contributed by atoms with van der Waals surface area (Å²) in [6.45, 7) is 1.18. The molecule has 0 spiro atoms. The Morgan fingerprint density at radius 3 is 2.21 bits per heavy atom. The van der Waals surface area contributed by atoms with Crippen molar-refractivity contribution < 1.29 is 19.1 Å². The van der Waals surface area contributed by atoms with E-state index in [0.717, 1.165) is 0 Å². The molecule has 2 rings (SSSR count). The second kappa shape index (κ2) is 8.33. The van der Waals surface area contributed by atoms with Crippen molar-refractivity contribution in [3.8, 4) is 5.75 Å². The van der Waals surface area contributed by atoms with E-state index in [1.54, 1.807) is 36.4 Å². The molecule has 0 saturated carbocycles. The Morgan fingerprint density at radius 2 is 1.58 bits per heavy atom. The van der Waals surface area contributed by atoms with Gasteiger partial charge in [-0.1, -0.05) is 18.2 Å². The van der Waals surface area contributed by atoms with Crippen LogP contribution in [0.15, 0.2) is 54.6 Å². The number of carbonyl (C=O) groups is 3. The van der Waals surface area contributed by atoms with Crippen LogP contribution < -0.4 is 20.9 Å². The monoisotopic (exact) mass is 327 g/mol. The van der Waals surface area contributed by atoms with E-state index in [4.69, 9.17) is 4.74 Å². The van der Waals surface area contributed by atoms with Crippen molar-refractivity contribution in [1.82, 2.24) is 10.9 Å². The molecule has 0 heterocycles. The fourth-order valence-corrected chi connectivity index (χ4v) is 1.81. The summed E-state index contributed by atoms with van der Waals surface area (Å²) < 4.78 is 5.25. The van der Waals surface area contributed by atoms with E-state index < -0.39 is 11.8 Å². The maximum atomic E-state index is 11.9. The Kier molecular flexibility index (Phi) is 5.90. The minimum Gasteiger partial charge on any atom is -0.484 e. The van der Waals surface area contributed by atoms with Crippen molar-refractivity contribution in [2.24, 2.45) is 0 Å². The van der Waals surface area contributed by atoms with Crippen LogP contribution in [-0.4, -0.2) is 24.3 Å². The van der Waals surface area contributed by atoms with Crippen molar-refractivity contribution in [3.05, 3.63) is 60.2 Å². The number of benzene rings is 2. The molecule has 0 fully saturated rings. The van der Waals surface area contributed by atoms with Gasteiger partial charge in [0.15, 0.2) is 6.61 Å². The van der Waals surface area contributed by atoms with Crippen molar-refractivity contribution in [2.45, 2.75) is 6.92 Å². The highest BCUT2D eigenvalue weighted by Crippen LogP contribution is 2.09. The van der Waals surface area contributed by atoms with Crippen LogP contribution in [0.4, 0.5) is 5.69 Å². The number of hydrazine groups is 1. The Hall–Kier alpha value is -3.35. The molecule has 2 aromatic carbocycles. The molecule has 7 nitrogen and oxygen atoms in total. The zero-order valence-electron chi connectivity index (χ0n) is 13.0. The number of para-hydroxylation sites is 1. The number of rotatable bonds is 5. The molecule has 0 atom stereocenters. The van der Waals surface area contributed by atoms with Gasteiger partial charge >= 0.3 is 0 Å². The highest BCUT2D eigenvalue weighted by Gasteiger charge is 2.08. The third-order valence-corrected chi connectivity index (χ3v) is 2.90. The Morgan fingerprint density at radius 1 is 0.917 bits per heavy atom. The first kappa shape index (κ1) is 17.0. The van der Waals surface area contributed by atoms with Gasteiger partial charge in [-0.3, -0.25) is 25.2 Å². The molecule has 0 saturated heterocycles. The summed E-state index contributed by atoms with van der Waals surface area (Å²) in [7, 11) is 0. The molecular weight excluding hydrogens is 310 g/mol. The zero-order valence-corrected chi connectivity index (χ0v) is 13.0. The van der Waals surface area contributed by atoms with Gasteiger partial charge in [0.05, 0.1) is 0 Å². The zero-order chi connectivity index (χ0) is 17.4. The number of ether oxygens (including phenoxy) is 1. The number of carbonyl (C=O) groups excluding carboxylic acids is 3. The number of amides is 3. The van der Waals surface area contributed by atoms with Crippen molar-refractivity contribution in [1.29, 1.82) is 0 Å². The smallest absolute Gasteiger partial charge is 0.276 e. The lowest BCUT2D eigenvalue weighted by atomic mass is 10.2. The van der Waals surface area contributed by atoms with Gasteiger partial charge in [-0.15, -0.1) is 0 Å². The first-order chi connectivity index (χ1) is 11.5. The van der Waals surface area contributed by atoms with E-state index >= 15 is 0 Å². The molecule has 3 amide bonds. The molecule has 0 aliphatic carbocycles. The molecule has 124 valence electrons. The van der Waals surface area contributed by atoms with Gasteiger partial charge in [-0.25, -0.2) is 0 Å². The fraction of sp³-hybridized carbons (Fsp3) is 0.118. The van der Waals surface area contributed by atoms with Gasteiger partial charge in [-0.2, -0.15) is 0 Å². The quantitative estimate of drug-likeness (QED) is 0.725. The van der Waals surface area contributed by atoms with Crippen LogP contribution in [0.2, 0.25) is 0 Å². The summed E-state index contributed by atoms with van der Waals surface area (Å²) in [6, 6.07) is 15.1. The predicted octanol–water partition coefficient (Wildman–Crippen LogP) is 1.48. The first-order valence-corrected chi connectivity index (χ1v) is 7.19. The average Bonchev–Trinajstić information content (AvgIpc) is 2.59. The SMILES string of the molecule is CC(=O)Nc1ccc(C(=O)NNC(=O)COc2ccccc2)cc1. The minimum absolute atomic E-state index is 0.196. The van der Waals surface area contributed by atoms with E-state index in [2.05, 4.69) is 16.2 Å². The Balaban J connectivity index is 1.77. The number of nitrogens with one attached hydrogen (secondary N) is 3. The van der Waals surface area contributed by atoms with Crippen LogP contribution in [0.25, 0.3) is 0 Å². The van der Waals surface area contributed by atoms with Crippen LogP contribution in [0, 0.1) is 0 Å². The Bertz CT molecular complexity index is 714. The van der Waals surface area contributed by atoms with Gasteiger partial charge in [0.2, 0.25) is 5.91 Å². The van der Waals surface area contributed by atoms with Gasteiger partial charge in [-0.05, 0) is 36.4 Å². The maximum absolute atomic E-state index is 11.9. The molecular formula is C17H17N3O4. The standard InChI is InChI=1S/C17H17N3O4/c1-12(21)18-14-9-7-13(8-10-14)17(23)20-19-16(22)11-24-15-5-3-2-4-6-15/h2-10H,11H2,1H3,(H,18,21)(H,19,22)(H,20,23). The molecule has 0 aliphatic heterocycles. The molecule has 3 N–H and O–H groups in total. The van der Waals surface area contributed by atoms with Gasteiger partial charge in [0.1, 0.15) is 5.75 Å². The van der Waals surface area contributed by atoms with E-state index in [1.807, 2.05) is 6.07 Å². The molecule has 2 aromatic rings. The van der Waals surface area contributed by atoms with Crippen LogP contribution in [-0.2, 0) is 9.59 Å². The second-order valence-corrected chi connectivity index (χ2v) is 4.86. The molecule has 24 heavy (non-hydrogen) atoms. The second-order valence-electron chi connectivity index (χ2n) is 4.86. The van der Waals surface area contributed by atoms with Crippen molar-refractivity contribution in [3.63, 3.8) is 0 Å². The lowest BCUT2D eigenvalue weighted by Gasteiger charge is -2.09. The van der Waals surface area contributed by atoms with Gasteiger partial charge in [0.25, 0.3) is 11.8 Å². The normalized spacial score (nSPS) is 9.71. The lowest BCUT2D eigenvalue weighted by molar-refractivity contribution is -0.123. The number of hydrogen-bond donors (Lipinski definition) is 3. The molecule has 0 unspecified atom stereocenters. The van der Waals surface area contributed by atoms with Gasteiger partial charge < -0.3 is 10.1 Å². The average molecular weight is 327 g/mol. The van der Waals surface area contributed by atoms with Crippen LogP contribution in [0.1, 0.15) is 17.3 Å². The number of anilines is 1. The summed E-state index contributed by atoms with van der Waals surface area (Å²) in [5.74, 6) is -0.593. The topological polar surface area (TPSA) is 96.5 Å². The highest BCUT2D eigenvalue weighted by atomic mass is 16.5. The molecule has 0 aliphatic rings. The highest BCUT2D eigenvalue weighted by molar-refractivity contribution is 5.96. The predicted molar refractivity (Wildman–Crippen MR) is 88.3 cm³/mol. The fourth-order valence-electron chi connectivity index (χ4n) is 1.81. The third kappa shape index (κ3) is 5.45. The molecule has 0 bridgehead atoms. The Labute approximate surface area is 139 Å². The molecule has 7 heteroatoms. The van der Waals surface area contributed by atoms with Crippen molar-refractivity contribution >= 4 is 23.4 Å². The summed E-state index contributed by atoms with van der Waals surface area (Å²) in [5.41, 5.74) is 5.48. The summed E-state index contributed by atoms with van der Waals surface area (Å²) in [6.07, 6.45) is 0. The molecule has 0 aromatic heterocycles. The largest absolute Gasteiger partial charge is 0.484 e. The summed E-state index contributed by atoms with van der Waals surface area (Å²) in [5, 5.41) is 2.60. The van der Waals surface area contributed by atoms with Gasteiger partial charge in [0, 0.05) is 18.2 Å². The van der Waals surface area contributed by atoms with Crippen molar-refractivity contribution in [2.75, 3.05) is 11.9 Å². The molecule has 0 radical (unpaired) electrons. The first-order valence-electron chi connectivity index (χ1n) is 7.19. The van der Waals surface area contributed by atoms with E-state index in [1.165, 1.54) is 19.1 Å². The van der Waals surface area contributed by atoms with Crippen LogP contribution in [0.5, 0.6) is 5.75 Å². The number of hydrogen-bond acceptors (Lipinski definition) is 4. The van der Waals surface area contributed by atoms with E-state index in [0.29, 0.717) is 17.0 Å². The summed E-state index contributed by atoms with van der Waals surface area (Å²) in [4.78, 5) is 34.5. The van der Waals surface area contributed by atoms with E-state index in [-0.39, 0.29) is 12.5 Å². The van der Waals surface area contributed by atoms with E-state index in [9.17, 15) is 14.4 Å². The lowest BCUT2D eigenvalue weighted by Crippen LogP contribution is -2.43. The minimum atomic E-state index is -0.484. The maximum Gasteiger partial charge on any atom is 0.276 e.